The topological polar surface area (TPSA) is 101 Å². The number of anilines is 2. The van der Waals surface area contributed by atoms with Gasteiger partial charge in [-0.2, -0.15) is 4.98 Å². The molecule has 138 valence electrons. The van der Waals surface area contributed by atoms with Crippen LogP contribution in [0.5, 0.6) is 0 Å². The van der Waals surface area contributed by atoms with Crippen molar-refractivity contribution in [2.45, 2.75) is 50.7 Å². The number of halogens is 1. The molecule has 1 aromatic carbocycles. The van der Waals surface area contributed by atoms with E-state index in [-0.39, 0.29) is 23.9 Å². The van der Waals surface area contributed by atoms with Crippen molar-refractivity contribution in [3.8, 4) is 0 Å². The van der Waals surface area contributed by atoms with Gasteiger partial charge in [0.15, 0.2) is 0 Å². The fourth-order valence-corrected chi connectivity index (χ4v) is 3.56. The Morgan fingerprint density at radius 1 is 1.27 bits per heavy atom. The highest BCUT2D eigenvalue weighted by Gasteiger charge is 2.26. The maximum Gasteiger partial charge on any atom is 0.221 e. The van der Waals surface area contributed by atoms with Gasteiger partial charge in [0.05, 0.1) is 12.0 Å². The van der Waals surface area contributed by atoms with E-state index in [4.69, 9.17) is 17.3 Å². The van der Waals surface area contributed by atoms with Gasteiger partial charge >= 0.3 is 0 Å². The zero-order chi connectivity index (χ0) is 18.7. The minimum Gasteiger partial charge on any atom is -0.393 e. The number of hydrogen-bond acceptors (Lipinski definition) is 6. The molecular formula is C19H23ClN4O2. The quantitative estimate of drug-likeness (QED) is 0.743. The average molecular weight is 375 g/mol. The summed E-state index contributed by atoms with van der Waals surface area (Å²) in [4.78, 5) is 20.9. The lowest BCUT2D eigenvalue weighted by atomic mass is 9.88. The minimum absolute atomic E-state index is 0.0113. The first kappa shape index (κ1) is 18.6. The Labute approximate surface area is 157 Å². The van der Waals surface area contributed by atoms with E-state index in [0.717, 1.165) is 31.2 Å². The molecule has 1 fully saturated rings. The summed E-state index contributed by atoms with van der Waals surface area (Å²) in [7, 11) is 0. The van der Waals surface area contributed by atoms with Crippen LogP contribution in [0.3, 0.4) is 0 Å². The molecule has 1 heterocycles. The number of nitrogens with one attached hydrogen (secondary N) is 1. The number of carbonyl (C=O) groups is 1. The zero-order valence-electron chi connectivity index (χ0n) is 14.7. The molecule has 4 N–H and O–H groups in total. The number of benzene rings is 1. The van der Waals surface area contributed by atoms with Gasteiger partial charge in [0, 0.05) is 22.8 Å². The monoisotopic (exact) mass is 374 g/mol. The molecule has 26 heavy (non-hydrogen) atoms. The second kappa shape index (κ2) is 8.01. The molecule has 1 aromatic heterocycles. The predicted octanol–water partition coefficient (Wildman–Crippen LogP) is 3.15. The summed E-state index contributed by atoms with van der Waals surface area (Å²) in [6.07, 6.45) is 4.57. The second-order valence-electron chi connectivity index (χ2n) is 6.78. The molecular weight excluding hydrogens is 352 g/mol. The van der Waals surface area contributed by atoms with E-state index in [1.807, 2.05) is 12.1 Å². The molecule has 1 unspecified atom stereocenters. The maximum atomic E-state index is 12.4. The molecule has 2 aromatic rings. The van der Waals surface area contributed by atoms with E-state index in [9.17, 15) is 9.90 Å². The van der Waals surface area contributed by atoms with Gasteiger partial charge in [-0.05, 0) is 50.3 Å². The largest absolute Gasteiger partial charge is 0.393 e. The molecule has 0 saturated heterocycles. The first-order valence-corrected chi connectivity index (χ1v) is 9.14. The Morgan fingerprint density at radius 2 is 1.92 bits per heavy atom. The van der Waals surface area contributed by atoms with Crippen molar-refractivity contribution in [2.75, 3.05) is 11.1 Å². The van der Waals surface area contributed by atoms with Crippen molar-refractivity contribution >= 4 is 29.2 Å². The molecule has 0 bridgehead atoms. The standard InChI is InChI=1S/C19H23ClN4O2/c1-11(25)17(12-2-4-13(20)5-3-12)16-10-22-19(21)24-18(16)23-14-6-8-15(26)9-7-14/h2-5,10,14-15,17,26H,6-9H2,1H3,(H3,21,22,23,24). The fourth-order valence-electron chi connectivity index (χ4n) is 3.43. The first-order valence-electron chi connectivity index (χ1n) is 8.77. The summed E-state index contributed by atoms with van der Waals surface area (Å²) in [5.74, 6) is 0.229. The van der Waals surface area contributed by atoms with Crippen molar-refractivity contribution in [2.24, 2.45) is 0 Å². The Kier molecular flexibility index (Phi) is 5.74. The summed E-state index contributed by atoms with van der Waals surface area (Å²) < 4.78 is 0. The number of hydrogen-bond donors (Lipinski definition) is 3. The zero-order valence-corrected chi connectivity index (χ0v) is 15.4. The SMILES string of the molecule is CC(=O)C(c1ccc(Cl)cc1)c1cnc(N)nc1NC1CCC(O)CC1. The highest BCUT2D eigenvalue weighted by atomic mass is 35.5. The van der Waals surface area contributed by atoms with E-state index in [2.05, 4.69) is 15.3 Å². The van der Waals surface area contributed by atoms with Gasteiger partial charge in [-0.15, -0.1) is 0 Å². The second-order valence-corrected chi connectivity index (χ2v) is 7.21. The number of rotatable bonds is 5. The third-order valence-corrected chi connectivity index (χ3v) is 5.05. The molecule has 1 atom stereocenters. The molecule has 3 rings (SSSR count). The predicted molar refractivity (Wildman–Crippen MR) is 102 cm³/mol. The van der Waals surface area contributed by atoms with Crippen LogP contribution in [0.4, 0.5) is 11.8 Å². The lowest BCUT2D eigenvalue weighted by Crippen LogP contribution is -2.29. The molecule has 0 spiro atoms. The lowest BCUT2D eigenvalue weighted by Gasteiger charge is -2.28. The van der Waals surface area contributed by atoms with Crippen LogP contribution < -0.4 is 11.1 Å². The third-order valence-electron chi connectivity index (χ3n) is 4.79. The number of aliphatic hydroxyl groups excluding tert-OH is 1. The van der Waals surface area contributed by atoms with Gasteiger partial charge in [0.1, 0.15) is 11.6 Å². The van der Waals surface area contributed by atoms with E-state index in [1.165, 1.54) is 0 Å². The van der Waals surface area contributed by atoms with Crippen LogP contribution in [0, 0.1) is 0 Å². The summed E-state index contributed by atoms with van der Waals surface area (Å²) in [6, 6.07) is 7.39. The van der Waals surface area contributed by atoms with Crippen LogP contribution in [-0.2, 0) is 4.79 Å². The number of Topliss-reactive ketones (excluding diaryl/α,β-unsaturated/α-hetero) is 1. The smallest absolute Gasteiger partial charge is 0.221 e. The van der Waals surface area contributed by atoms with Crippen LogP contribution >= 0.6 is 11.6 Å². The van der Waals surface area contributed by atoms with Crippen LogP contribution in [0.1, 0.15) is 49.7 Å². The Morgan fingerprint density at radius 3 is 2.54 bits per heavy atom. The van der Waals surface area contributed by atoms with Crippen molar-refractivity contribution in [3.05, 3.63) is 46.6 Å². The summed E-state index contributed by atoms with van der Waals surface area (Å²) in [6.45, 7) is 1.55. The molecule has 0 radical (unpaired) electrons. The third kappa shape index (κ3) is 4.31. The van der Waals surface area contributed by atoms with E-state index < -0.39 is 5.92 Å². The van der Waals surface area contributed by atoms with Gasteiger partial charge in [-0.25, -0.2) is 4.98 Å². The molecule has 1 aliphatic carbocycles. The number of ketones is 1. The van der Waals surface area contributed by atoms with E-state index in [0.29, 0.717) is 16.4 Å². The van der Waals surface area contributed by atoms with Crippen LogP contribution in [0.25, 0.3) is 0 Å². The maximum absolute atomic E-state index is 12.4. The van der Waals surface area contributed by atoms with Crippen molar-refractivity contribution < 1.29 is 9.90 Å². The molecule has 7 heteroatoms. The highest BCUT2D eigenvalue weighted by Crippen LogP contribution is 2.32. The van der Waals surface area contributed by atoms with Crippen LogP contribution in [0.15, 0.2) is 30.5 Å². The van der Waals surface area contributed by atoms with Crippen LogP contribution in [0.2, 0.25) is 5.02 Å². The number of carbonyl (C=O) groups excluding carboxylic acids is 1. The normalized spacial score (nSPS) is 21.2. The van der Waals surface area contributed by atoms with Gasteiger partial charge in [-0.3, -0.25) is 4.79 Å². The van der Waals surface area contributed by atoms with Gasteiger partial charge < -0.3 is 16.2 Å². The minimum atomic E-state index is -0.496. The number of aromatic nitrogens is 2. The Balaban J connectivity index is 1.94. The molecule has 6 nitrogen and oxygen atoms in total. The summed E-state index contributed by atoms with van der Waals surface area (Å²) in [5, 5.41) is 13.7. The van der Waals surface area contributed by atoms with E-state index >= 15 is 0 Å². The molecule has 0 amide bonds. The van der Waals surface area contributed by atoms with E-state index in [1.54, 1.807) is 25.3 Å². The summed E-state index contributed by atoms with van der Waals surface area (Å²) in [5.41, 5.74) is 7.31. The first-order chi connectivity index (χ1) is 12.4. The lowest BCUT2D eigenvalue weighted by molar-refractivity contribution is -0.117. The average Bonchev–Trinajstić information content (AvgIpc) is 2.60. The summed E-state index contributed by atoms with van der Waals surface area (Å²) >= 11 is 5.98. The molecule has 1 saturated carbocycles. The number of nitrogen functional groups attached to an aromatic ring is 1. The van der Waals surface area contributed by atoms with Gasteiger partial charge in [-0.1, -0.05) is 23.7 Å². The fraction of sp³-hybridized carbons (Fsp3) is 0.421. The number of aliphatic hydroxyl groups is 1. The molecule has 0 aliphatic heterocycles. The highest BCUT2D eigenvalue weighted by molar-refractivity contribution is 6.30. The van der Waals surface area contributed by atoms with Crippen molar-refractivity contribution in [1.82, 2.24) is 9.97 Å². The van der Waals surface area contributed by atoms with Crippen LogP contribution in [-0.4, -0.2) is 33.0 Å². The Bertz CT molecular complexity index is 774. The molecule has 1 aliphatic rings. The van der Waals surface area contributed by atoms with Crippen molar-refractivity contribution in [1.29, 1.82) is 0 Å². The van der Waals surface area contributed by atoms with Gasteiger partial charge in [0.25, 0.3) is 0 Å². The number of nitrogens with two attached hydrogens (primary N) is 1. The number of nitrogens with zero attached hydrogens (tertiary/aromatic N) is 2. The van der Waals surface area contributed by atoms with Gasteiger partial charge in [0.2, 0.25) is 5.95 Å². The Hall–Kier alpha value is -2.18. The van der Waals surface area contributed by atoms with Crippen molar-refractivity contribution in [3.63, 3.8) is 0 Å².